The molecule has 12 heteroatoms. The van der Waals surface area contributed by atoms with Gasteiger partial charge in [-0.15, -0.1) is 0 Å². The number of allylic oxidation sites excluding steroid dienone is 1. The van der Waals surface area contributed by atoms with Crippen LogP contribution in [-0.4, -0.2) is 16.7 Å². The van der Waals surface area contributed by atoms with E-state index in [2.05, 4.69) is 15.6 Å². The third-order valence-corrected chi connectivity index (χ3v) is 6.59. The molecular weight excluding hydrogens is 531 g/mol. The molecule has 4 rings (SSSR count). The summed E-state index contributed by atoms with van der Waals surface area (Å²) in [4.78, 5) is 4.28. The molecule has 1 aliphatic heterocycles. The van der Waals surface area contributed by atoms with Crippen LogP contribution in [0.3, 0.4) is 0 Å². The molecule has 0 saturated carbocycles. The van der Waals surface area contributed by atoms with Crippen LogP contribution in [-0.2, 0) is 18.1 Å². The Bertz CT molecular complexity index is 1250. The van der Waals surface area contributed by atoms with Gasteiger partial charge in [0.15, 0.2) is 0 Å². The molecule has 0 aliphatic carbocycles. The number of hydrogen-bond donors (Lipinski definition) is 2. The summed E-state index contributed by atoms with van der Waals surface area (Å²) in [6.07, 6.45) is -8.33. The van der Waals surface area contributed by atoms with Gasteiger partial charge >= 0.3 is 12.4 Å². The molecule has 0 fully saturated rings. The van der Waals surface area contributed by atoms with Crippen LogP contribution in [0.5, 0.6) is 0 Å². The minimum atomic E-state index is -4.87. The topological polar surface area (TPSA) is 37.0 Å². The van der Waals surface area contributed by atoms with Crippen LogP contribution < -0.4 is 10.6 Å². The highest BCUT2D eigenvalue weighted by Crippen LogP contribution is 2.40. The maximum atomic E-state index is 14.6. The number of alkyl halides is 6. The van der Waals surface area contributed by atoms with Gasteiger partial charge in [-0.1, -0.05) is 53.7 Å². The van der Waals surface area contributed by atoms with E-state index in [9.17, 15) is 30.7 Å². The Morgan fingerprint density at radius 3 is 2.19 bits per heavy atom. The van der Waals surface area contributed by atoms with Crippen LogP contribution in [0.25, 0.3) is 0 Å². The average molecular weight is 548 g/mol. The molecule has 3 aromatic rings. The zero-order valence-electron chi connectivity index (χ0n) is 18.1. The SMILES string of the molecule is Fc1cc(C(F)(F)F)cc([C@](Cc2ccccc2)(NC2NC(C(F)(F)F)=CS2)c2ccc(Cl)cn2)c1. The monoisotopic (exact) mass is 547 g/mol. The van der Waals surface area contributed by atoms with Crippen molar-refractivity contribution in [3.05, 3.63) is 111 Å². The van der Waals surface area contributed by atoms with Crippen molar-refractivity contribution in [2.75, 3.05) is 0 Å². The number of rotatable bonds is 6. The van der Waals surface area contributed by atoms with Gasteiger partial charge in [0, 0.05) is 18.0 Å². The first-order chi connectivity index (χ1) is 16.9. The number of nitrogens with zero attached hydrogens (tertiary/aromatic N) is 1. The zero-order chi connectivity index (χ0) is 26.1. The molecule has 2 heterocycles. The molecule has 1 aromatic heterocycles. The lowest BCUT2D eigenvalue weighted by atomic mass is 9.80. The number of nitrogens with one attached hydrogen (secondary N) is 2. The molecule has 1 aliphatic rings. The number of thioether (sulfide) groups is 1. The minimum Gasteiger partial charge on any atom is -0.357 e. The quantitative estimate of drug-likeness (QED) is 0.326. The van der Waals surface area contributed by atoms with Crippen molar-refractivity contribution >= 4 is 23.4 Å². The van der Waals surface area contributed by atoms with Crippen molar-refractivity contribution in [2.45, 2.75) is 29.8 Å². The average Bonchev–Trinajstić information content (AvgIpc) is 3.28. The molecule has 2 N–H and O–H groups in total. The Kier molecular flexibility index (Phi) is 7.27. The Balaban J connectivity index is 1.90. The fourth-order valence-electron chi connectivity index (χ4n) is 3.87. The van der Waals surface area contributed by atoms with Crippen LogP contribution in [0.15, 0.2) is 78.0 Å². The van der Waals surface area contributed by atoms with Crippen LogP contribution in [0.2, 0.25) is 5.02 Å². The van der Waals surface area contributed by atoms with Crippen molar-refractivity contribution in [1.29, 1.82) is 0 Å². The van der Waals surface area contributed by atoms with Gasteiger partial charge in [0.05, 0.1) is 21.8 Å². The lowest BCUT2D eigenvalue weighted by molar-refractivity contribution is -0.137. The molecule has 190 valence electrons. The first kappa shape index (κ1) is 26.3. The Labute approximate surface area is 210 Å². The van der Waals surface area contributed by atoms with E-state index in [0.29, 0.717) is 11.6 Å². The highest BCUT2D eigenvalue weighted by Gasteiger charge is 2.44. The summed E-state index contributed by atoms with van der Waals surface area (Å²) in [6.45, 7) is 0. The van der Waals surface area contributed by atoms with Gasteiger partial charge in [-0.2, -0.15) is 26.3 Å². The first-order valence-corrected chi connectivity index (χ1v) is 11.7. The van der Waals surface area contributed by atoms with E-state index in [-0.39, 0.29) is 22.7 Å². The third-order valence-electron chi connectivity index (χ3n) is 5.49. The molecule has 2 atom stereocenters. The molecule has 0 amide bonds. The second-order valence-electron chi connectivity index (χ2n) is 7.99. The maximum absolute atomic E-state index is 14.6. The number of aromatic nitrogens is 1. The van der Waals surface area contributed by atoms with Crippen molar-refractivity contribution in [3.8, 4) is 0 Å². The Morgan fingerprint density at radius 1 is 0.917 bits per heavy atom. The highest BCUT2D eigenvalue weighted by molar-refractivity contribution is 8.02. The van der Waals surface area contributed by atoms with Gasteiger partial charge in [0.25, 0.3) is 0 Å². The molecule has 1 unspecified atom stereocenters. The summed E-state index contributed by atoms with van der Waals surface area (Å²) < 4.78 is 95.3. The number of pyridine rings is 1. The number of halogens is 8. The summed E-state index contributed by atoms with van der Waals surface area (Å²) in [6, 6.07) is 13.5. The predicted octanol–water partition coefficient (Wildman–Crippen LogP) is 6.99. The largest absolute Gasteiger partial charge is 0.431 e. The summed E-state index contributed by atoms with van der Waals surface area (Å²) >= 11 is 6.72. The first-order valence-electron chi connectivity index (χ1n) is 10.4. The molecule has 0 spiro atoms. The van der Waals surface area contributed by atoms with Crippen molar-refractivity contribution in [1.82, 2.24) is 15.6 Å². The number of benzene rings is 2. The summed E-state index contributed by atoms with van der Waals surface area (Å²) in [5.74, 6) is -1.16. The van der Waals surface area contributed by atoms with Gasteiger partial charge in [-0.05, 0) is 41.5 Å². The maximum Gasteiger partial charge on any atom is 0.431 e. The predicted molar refractivity (Wildman–Crippen MR) is 123 cm³/mol. The zero-order valence-corrected chi connectivity index (χ0v) is 19.7. The van der Waals surface area contributed by atoms with Crippen LogP contribution in [0, 0.1) is 5.82 Å². The van der Waals surface area contributed by atoms with E-state index >= 15 is 0 Å². The lowest BCUT2D eigenvalue weighted by Gasteiger charge is -2.38. The fraction of sp³-hybridized carbons (Fsp3) is 0.208. The standard InChI is InChI=1S/C24H17ClF7N3S/c25-17-6-7-19(33-12-17)22(11-14-4-2-1-3-5-14,35-21-34-20(13-36-21)24(30,31)32)15-8-16(23(27,28)29)10-18(26)9-15/h1-10,12-13,21,34-35H,11H2/t21?,22-/m0/s1. The second kappa shape index (κ2) is 9.95. The molecule has 0 saturated heterocycles. The van der Waals surface area contributed by atoms with Crippen LogP contribution in [0.4, 0.5) is 30.7 Å². The van der Waals surface area contributed by atoms with Crippen molar-refractivity contribution < 1.29 is 30.7 Å². The van der Waals surface area contributed by atoms with Crippen molar-refractivity contribution in [3.63, 3.8) is 0 Å². The fourth-order valence-corrected chi connectivity index (χ4v) is 4.92. The Morgan fingerprint density at radius 2 is 1.61 bits per heavy atom. The molecule has 3 nitrogen and oxygen atoms in total. The van der Waals surface area contributed by atoms with E-state index in [1.807, 2.05) is 0 Å². The second-order valence-corrected chi connectivity index (χ2v) is 9.41. The minimum absolute atomic E-state index is 0.0662. The molecule has 0 bridgehead atoms. The smallest absolute Gasteiger partial charge is 0.357 e. The van der Waals surface area contributed by atoms with E-state index in [4.69, 9.17) is 11.6 Å². The van der Waals surface area contributed by atoms with E-state index in [1.54, 1.807) is 30.3 Å². The molecule has 0 radical (unpaired) electrons. The molecular formula is C24H17ClF7N3S. The summed E-state index contributed by atoms with van der Waals surface area (Å²) in [5, 5.41) is 6.40. The van der Waals surface area contributed by atoms with E-state index < -0.39 is 40.5 Å². The molecule has 36 heavy (non-hydrogen) atoms. The van der Waals surface area contributed by atoms with E-state index in [0.717, 1.165) is 29.3 Å². The van der Waals surface area contributed by atoms with Gasteiger partial charge in [-0.25, -0.2) is 4.39 Å². The van der Waals surface area contributed by atoms with Crippen LogP contribution >= 0.6 is 23.4 Å². The van der Waals surface area contributed by atoms with E-state index in [1.165, 1.54) is 18.3 Å². The molecule has 2 aromatic carbocycles. The lowest BCUT2D eigenvalue weighted by Crippen LogP contribution is -2.53. The highest BCUT2D eigenvalue weighted by atomic mass is 35.5. The van der Waals surface area contributed by atoms with Crippen LogP contribution in [0.1, 0.15) is 22.4 Å². The Hall–Kier alpha value is -2.76. The van der Waals surface area contributed by atoms with Gasteiger partial charge < -0.3 is 5.32 Å². The summed E-state index contributed by atoms with van der Waals surface area (Å²) in [5.41, 5.74) is -4.49. The van der Waals surface area contributed by atoms with Gasteiger partial charge in [-0.3, -0.25) is 10.3 Å². The number of hydrogen-bond acceptors (Lipinski definition) is 4. The van der Waals surface area contributed by atoms with Gasteiger partial charge in [0.1, 0.15) is 17.0 Å². The normalized spacial score (nSPS) is 17.9. The van der Waals surface area contributed by atoms with Gasteiger partial charge in [0.2, 0.25) is 0 Å². The van der Waals surface area contributed by atoms with Crippen molar-refractivity contribution in [2.24, 2.45) is 0 Å². The summed E-state index contributed by atoms with van der Waals surface area (Å²) in [7, 11) is 0. The third kappa shape index (κ3) is 5.79.